The third-order valence-electron chi connectivity index (χ3n) is 2.46. The molecule has 0 atom stereocenters. The Morgan fingerprint density at radius 2 is 1.75 bits per heavy atom. The highest BCUT2D eigenvalue weighted by Crippen LogP contribution is 2.25. The number of benzene rings is 1. The van der Waals surface area contributed by atoms with Crippen LogP contribution in [0, 0.1) is 0 Å². The summed E-state index contributed by atoms with van der Waals surface area (Å²) in [5.41, 5.74) is 2.16. The van der Waals surface area contributed by atoms with E-state index >= 15 is 0 Å². The van der Waals surface area contributed by atoms with Gasteiger partial charge in [-0.1, -0.05) is 12.1 Å². The smallest absolute Gasteiger partial charge is 0.157 e. The lowest BCUT2D eigenvalue weighted by Crippen LogP contribution is -1.91. The number of aromatic nitrogens is 1. The molecule has 0 unspecified atom stereocenters. The molecule has 0 fully saturated rings. The lowest BCUT2D eigenvalue weighted by Gasteiger charge is -2.03. The summed E-state index contributed by atoms with van der Waals surface area (Å²) >= 11 is 0. The van der Waals surface area contributed by atoms with Gasteiger partial charge in [0, 0.05) is 12.4 Å². The van der Waals surface area contributed by atoms with Crippen molar-refractivity contribution in [2.45, 2.75) is 12.8 Å². The third-order valence-corrected chi connectivity index (χ3v) is 2.46. The van der Waals surface area contributed by atoms with Gasteiger partial charge in [0.1, 0.15) is 0 Å². The second kappa shape index (κ2) is 4.66. The first-order valence-electron chi connectivity index (χ1n) is 5.15. The molecule has 3 nitrogen and oxygen atoms in total. The molecule has 0 aliphatic rings. The monoisotopic (exact) mass is 215 g/mol. The van der Waals surface area contributed by atoms with Crippen molar-refractivity contribution in [3.8, 4) is 11.5 Å². The summed E-state index contributed by atoms with van der Waals surface area (Å²) in [4.78, 5) is 4.04. The fourth-order valence-corrected chi connectivity index (χ4v) is 1.56. The predicted molar refractivity (Wildman–Crippen MR) is 61.4 cm³/mol. The standard InChI is InChI=1S/C13H13NO2/c15-12-6-5-10(8-13(12)16)3-4-11-2-1-7-14-9-11/h1-2,5-9,15-16H,3-4H2. The molecular weight excluding hydrogens is 202 g/mol. The van der Waals surface area contributed by atoms with E-state index in [0.29, 0.717) is 0 Å². The number of phenolic OH excluding ortho intramolecular Hbond substituents is 2. The third kappa shape index (κ3) is 2.51. The zero-order chi connectivity index (χ0) is 11.4. The zero-order valence-electron chi connectivity index (χ0n) is 8.80. The number of rotatable bonds is 3. The Balaban J connectivity index is 2.03. The van der Waals surface area contributed by atoms with Gasteiger partial charge in [-0.25, -0.2) is 0 Å². The molecule has 0 saturated carbocycles. The van der Waals surface area contributed by atoms with E-state index in [1.807, 2.05) is 24.4 Å². The Hall–Kier alpha value is -2.03. The molecule has 1 aromatic heterocycles. The van der Waals surface area contributed by atoms with Gasteiger partial charge in [-0.3, -0.25) is 4.98 Å². The maximum atomic E-state index is 9.33. The summed E-state index contributed by atoms with van der Waals surface area (Å²) in [6.45, 7) is 0. The number of hydrogen-bond acceptors (Lipinski definition) is 3. The van der Waals surface area contributed by atoms with Crippen LogP contribution in [0.25, 0.3) is 0 Å². The van der Waals surface area contributed by atoms with Crippen LogP contribution < -0.4 is 0 Å². The van der Waals surface area contributed by atoms with Crippen LogP contribution >= 0.6 is 0 Å². The van der Waals surface area contributed by atoms with Crippen molar-refractivity contribution in [1.82, 2.24) is 4.98 Å². The first kappa shape index (κ1) is 10.5. The summed E-state index contributed by atoms with van der Waals surface area (Å²) in [6.07, 6.45) is 5.27. The molecule has 0 aliphatic heterocycles. The average Bonchev–Trinajstić information content (AvgIpc) is 2.32. The number of aromatic hydroxyl groups is 2. The topological polar surface area (TPSA) is 53.4 Å². The number of phenols is 2. The molecule has 2 N–H and O–H groups in total. The molecule has 1 heterocycles. The summed E-state index contributed by atoms with van der Waals surface area (Å²) < 4.78 is 0. The Kier molecular flexibility index (Phi) is 3.05. The fraction of sp³-hybridized carbons (Fsp3) is 0.154. The molecule has 0 spiro atoms. The summed E-state index contributed by atoms with van der Waals surface area (Å²) in [5.74, 6) is -0.145. The molecule has 16 heavy (non-hydrogen) atoms. The lowest BCUT2D eigenvalue weighted by molar-refractivity contribution is 0.403. The van der Waals surface area contributed by atoms with Crippen LogP contribution in [-0.2, 0) is 12.8 Å². The highest BCUT2D eigenvalue weighted by molar-refractivity contribution is 5.40. The maximum absolute atomic E-state index is 9.33. The largest absolute Gasteiger partial charge is 0.504 e. The van der Waals surface area contributed by atoms with E-state index in [0.717, 1.165) is 24.0 Å². The number of nitrogens with zero attached hydrogens (tertiary/aromatic N) is 1. The molecule has 82 valence electrons. The van der Waals surface area contributed by atoms with Crippen molar-refractivity contribution in [2.24, 2.45) is 0 Å². The van der Waals surface area contributed by atoms with Crippen molar-refractivity contribution in [1.29, 1.82) is 0 Å². The van der Waals surface area contributed by atoms with E-state index < -0.39 is 0 Å². The number of pyridine rings is 1. The molecule has 0 saturated heterocycles. The summed E-state index contributed by atoms with van der Waals surface area (Å²) in [5, 5.41) is 18.5. The first-order valence-corrected chi connectivity index (χ1v) is 5.15. The van der Waals surface area contributed by atoms with Gasteiger partial charge in [0.25, 0.3) is 0 Å². The minimum absolute atomic E-state index is 0.0660. The average molecular weight is 215 g/mol. The molecule has 3 heteroatoms. The van der Waals surface area contributed by atoms with E-state index in [1.165, 1.54) is 6.07 Å². The van der Waals surface area contributed by atoms with Crippen LogP contribution in [0.5, 0.6) is 11.5 Å². The van der Waals surface area contributed by atoms with Crippen LogP contribution in [-0.4, -0.2) is 15.2 Å². The van der Waals surface area contributed by atoms with Crippen LogP contribution in [0.1, 0.15) is 11.1 Å². The zero-order valence-corrected chi connectivity index (χ0v) is 8.80. The van der Waals surface area contributed by atoms with Crippen LogP contribution in [0.3, 0.4) is 0 Å². The van der Waals surface area contributed by atoms with Crippen LogP contribution in [0.15, 0.2) is 42.7 Å². The molecule has 2 aromatic rings. The Morgan fingerprint density at radius 1 is 0.938 bits per heavy atom. The van der Waals surface area contributed by atoms with Crippen LogP contribution in [0.4, 0.5) is 0 Å². The number of aryl methyl sites for hydroxylation is 2. The van der Waals surface area contributed by atoms with Gasteiger partial charge in [-0.2, -0.15) is 0 Å². The Morgan fingerprint density at radius 3 is 2.44 bits per heavy atom. The summed E-state index contributed by atoms with van der Waals surface area (Å²) in [6, 6.07) is 8.84. The highest BCUT2D eigenvalue weighted by atomic mass is 16.3. The van der Waals surface area contributed by atoms with Crippen molar-refractivity contribution >= 4 is 0 Å². The second-order valence-corrected chi connectivity index (χ2v) is 3.68. The van der Waals surface area contributed by atoms with Crippen molar-refractivity contribution < 1.29 is 10.2 Å². The number of hydrogen-bond donors (Lipinski definition) is 2. The van der Waals surface area contributed by atoms with Gasteiger partial charge < -0.3 is 10.2 Å². The molecular formula is C13H13NO2. The van der Waals surface area contributed by atoms with E-state index in [-0.39, 0.29) is 11.5 Å². The van der Waals surface area contributed by atoms with Crippen molar-refractivity contribution in [3.05, 3.63) is 53.9 Å². The SMILES string of the molecule is Oc1ccc(CCc2cccnc2)cc1O. The van der Waals surface area contributed by atoms with Gasteiger partial charge in [0.2, 0.25) is 0 Å². The van der Waals surface area contributed by atoms with Crippen molar-refractivity contribution in [2.75, 3.05) is 0 Å². The molecule has 1 aromatic carbocycles. The quantitative estimate of drug-likeness (QED) is 0.772. The molecule has 0 aliphatic carbocycles. The van der Waals surface area contributed by atoms with Crippen molar-refractivity contribution in [3.63, 3.8) is 0 Å². The maximum Gasteiger partial charge on any atom is 0.157 e. The van der Waals surface area contributed by atoms with E-state index in [4.69, 9.17) is 5.11 Å². The minimum atomic E-state index is -0.0786. The van der Waals surface area contributed by atoms with E-state index in [2.05, 4.69) is 4.98 Å². The van der Waals surface area contributed by atoms with E-state index in [9.17, 15) is 5.11 Å². The Labute approximate surface area is 94.0 Å². The van der Waals surface area contributed by atoms with Gasteiger partial charge >= 0.3 is 0 Å². The van der Waals surface area contributed by atoms with Gasteiger partial charge in [-0.05, 0) is 42.2 Å². The van der Waals surface area contributed by atoms with Gasteiger partial charge in [-0.15, -0.1) is 0 Å². The van der Waals surface area contributed by atoms with Gasteiger partial charge in [0.15, 0.2) is 11.5 Å². The molecule has 0 radical (unpaired) electrons. The molecule has 0 bridgehead atoms. The lowest BCUT2D eigenvalue weighted by atomic mass is 10.1. The van der Waals surface area contributed by atoms with Crippen LogP contribution in [0.2, 0.25) is 0 Å². The fourth-order valence-electron chi connectivity index (χ4n) is 1.56. The molecule has 2 rings (SSSR count). The first-order chi connectivity index (χ1) is 7.75. The Bertz CT molecular complexity index is 469. The van der Waals surface area contributed by atoms with E-state index in [1.54, 1.807) is 12.3 Å². The normalized spacial score (nSPS) is 10.2. The minimum Gasteiger partial charge on any atom is -0.504 e. The van der Waals surface area contributed by atoms with Gasteiger partial charge in [0.05, 0.1) is 0 Å². The molecule has 0 amide bonds. The highest BCUT2D eigenvalue weighted by Gasteiger charge is 2.01. The second-order valence-electron chi connectivity index (χ2n) is 3.68. The predicted octanol–water partition coefficient (Wildman–Crippen LogP) is 2.28. The summed E-state index contributed by atoms with van der Waals surface area (Å²) in [7, 11) is 0.